The predicted molar refractivity (Wildman–Crippen MR) is 111 cm³/mol. The summed E-state index contributed by atoms with van der Waals surface area (Å²) < 4.78 is 0. The number of Topliss-reactive ketones (excluding diaryl/α,β-unsaturated/α-hetero) is 1. The summed E-state index contributed by atoms with van der Waals surface area (Å²) >= 11 is 6.70. The van der Waals surface area contributed by atoms with Crippen LogP contribution in [-0.2, 0) is 0 Å². The zero-order valence-electron chi connectivity index (χ0n) is 15.1. The third-order valence-corrected chi connectivity index (χ3v) is 5.57. The van der Waals surface area contributed by atoms with Gasteiger partial charge in [-0.05, 0) is 42.1 Å². The average molecular weight is 376 g/mol. The lowest BCUT2D eigenvalue weighted by atomic mass is 9.84. The van der Waals surface area contributed by atoms with Crippen molar-refractivity contribution in [2.75, 3.05) is 6.54 Å². The summed E-state index contributed by atoms with van der Waals surface area (Å²) in [5, 5.41) is 3.91. The van der Waals surface area contributed by atoms with Gasteiger partial charge in [-0.1, -0.05) is 84.4 Å². The zero-order valence-corrected chi connectivity index (χ0v) is 15.8. The van der Waals surface area contributed by atoms with Gasteiger partial charge in [-0.15, -0.1) is 0 Å². The van der Waals surface area contributed by atoms with Crippen molar-refractivity contribution in [2.24, 2.45) is 0 Å². The lowest BCUT2D eigenvalue weighted by Crippen LogP contribution is -2.30. The van der Waals surface area contributed by atoms with Gasteiger partial charge in [0.25, 0.3) is 0 Å². The van der Waals surface area contributed by atoms with Crippen LogP contribution < -0.4 is 5.32 Å². The summed E-state index contributed by atoms with van der Waals surface area (Å²) in [5.74, 6) is 0.172. The predicted octanol–water partition coefficient (Wildman–Crippen LogP) is 5.45. The molecule has 3 aromatic rings. The lowest BCUT2D eigenvalue weighted by Gasteiger charge is -2.21. The Bertz CT molecular complexity index is 878. The molecular weight excluding hydrogens is 354 g/mol. The normalized spacial score (nSPS) is 16.6. The Morgan fingerprint density at radius 1 is 0.926 bits per heavy atom. The molecule has 1 N–H and O–H groups in total. The highest BCUT2D eigenvalue weighted by molar-refractivity contribution is 6.32. The van der Waals surface area contributed by atoms with Gasteiger partial charge < -0.3 is 5.32 Å². The second-order valence-corrected chi connectivity index (χ2v) is 7.41. The maximum atomic E-state index is 12.7. The number of nitrogens with one attached hydrogen (secondary N) is 1. The molecule has 1 atom stereocenters. The standard InChI is InChI=1S/C24H22ClNO/c25-21-16-19(24(27)22-12-7-15-26-22)13-14-20(21)23(17-8-3-1-4-9-17)18-10-5-2-6-11-18/h1-6,8-11,13-14,16,22-23,26H,7,12,15H2/t22-/m0/s1. The monoisotopic (exact) mass is 375 g/mol. The third-order valence-electron chi connectivity index (χ3n) is 5.24. The largest absolute Gasteiger partial charge is 0.307 e. The van der Waals surface area contributed by atoms with E-state index in [1.807, 2.05) is 54.6 Å². The highest BCUT2D eigenvalue weighted by Crippen LogP contribution is 2.36. The molecule has 3 heteroatoms. The number of carbonyl (C=O) groups excluding carboxylic acids is 1. The molecule has 4 rings (SSSR count). The van der Waals surface area contributed by atoms with E-state index in [2.05, 4.69) is 29.6 Å². The number of benzene rings is 3. The Morgan fingerprint density at radius 2 is 1.56 bits per heavy atom. The van der Waals surface area contributed by atoms with Crippen molar-refractivity contribution in [3.05, 3.63) is 106 Å². The van der Waals surface area contributed by atoms with Crippen LogP contribution in [-0.4, -0.2) is 18.4 Å². The smallest absolute Gasteiger partial charge is 0.179 e. The van der Waals surface area contributed by atoms with E-state index in [1.165, 1.54) is 11.1 Å². The molecule has 0 radical (unpaired) electrons. The third kappa shape index (κ3) is 3.83. The summed E-state index contributed by atoms with van der Waals surface area (Å²) in [7, 11) is 0. The van der Waals surface area contributed by atoms with E-state index in [4.69, 9.17) is 11.6 Å². The van der Waals surface area contributed by atoms with Crippen LogP contribution in [0, 0.1) is 0 Å². The molecule has 0 amide bonds. The van der Waals surface area contributed by atoms with Gasteiger partial charge in [-0.3, -0.25) is 4.79 Å². The summed E-state index contributed by atoms with van der Waals surface area (Å²) in [4.78, 5) is 12.7. The molecule has 0 aliphatic carbocycles. The average Bonchev–Trinajstić information content (AvgIpc) is 3.25. The van der Waals surface area contributed by atoms with Crippen LogP contribution in [0.4, 0.5) is 0 Å². The molecule has 1 fully saturated rings. The molecule has 0 bridgehead atoms. The molecule has 1 aliphatic rings. The number of hydrogen-bond acceptors (Lipinski definition) is 2. The summed E-state index contributed by atoms with van der Waals surface area (Å²) in [6.07, 6.45) is 1.95. The van der Waals surface area contributed by atoms with E-state index in [-0.39, 0.29) is 17.7 Å². The Kier molecular flexibility index (Phi) is 5.38. The summed E-state index contributed by atoms with van der Waals surface area (Å²) in [6.45, 7) is 0.909. The van der Waals surface area contributed by atoms with Crippen molar-refractivity contribution in [3.8, 4) is 0 Å². The second kappa shape index (κ2) is 8.08. The van der Waals surface area contributed by atoms with Gasteiger partial charge in [0.1, 0.15) is 0 Å². The first kappa shape index (κ1) is 18.0. The van der Waals surface area contributed by atoms with E-state index in [1.54, 1.807) is 0 Å². The molecule has 2 nitrogen and oxygen atoms in total. The highest BCUT2D eigenvalue weighted by atomic mass is 35.5. The van der Waals surface area contributed by atoms with Crippen LogP contribution in [0.15, 0.2) is 78.9 Å². The van der Waals surface area contributed by atoms with Crippen molar-refractivity contribution < 1.29 is 4.79 Å². The maximum absolute atomic E-state index is 12.7. The molecule has 0 aromatic heterocycles. The first-order valence-electron chi connectivity index (χ1n) is 9.41. The quantitative estimate of drug-likeness (QED) is 0.474. The molecule has 1 aliphatic heterocycles. The zero-order chi connectivity index (χ0) is 18.6. The fourth-order valence-corrected chi connectivity index (χ4v) is 4.16. The Labute approximate surface area is 165 Å². The van der Waals surface area contributed by atoms with E-state index in [0.717, 1.165) is 24.9 Å². The van der Waals surface area contributed by atoms with Crippen molar-refractivity contribution >= 4 is 17.4 Å². The van der Waals surface area contributed by atoms with Crippen LogP contribution in [0.25, 0.3) is 0 Å². The van der Waals surface area contributed by atoms with Crippen LogP contribution in [0.3, 0.4) is 0 Å². The molecule has 0 saturated carbocycles. The number of rotatable bonds is 5. The first-order chi connectivity index (χ1) is 13.2. The Morgan fingerprint density at radius 3 is 2.07 bits per heavy atom. The number of ketones is 1. The van der Waals surface area contributed by atoms with Crippen molar-refractivity contribution in [3.63, 3.8) is 0 Å². The van der Waals surface area contributed by atoms with Crippen LogP contribution in [0.1, 0.15) is 45.8 Å². The summed E-state index contributed by atoms with van der Waals surface area (Å²) in [5.41, 5.74) is 4.07. The van der Waals surface area contributed by atoms with Gasteiger partial charge in [-0.25, -0.2) is 0 Å². The van der Waals surface area contributed by atoms with Crippen LogP contribution >= 0.6 is 11.6 Å². The van der Waals surface area contributed by atoms with Gasteiger partial charge in [0.2, 0.25) is 0 Å². The van der Waals surface area contributed by atoms with Gasteiger partial charge in [0.05, 0.1) is 6.04 Å². The van der Waals surface area contributed by atoms with Crippen LogP contribution in [0.5, 0.6) is 0 Å². The van der Waals surface area contributed by atoms with E-state index in [9.17, 15) is 4.79 Å². The number of halogens is 1. The lowest BCUT2D eigenvalue weighted by molar-refractivity contribution is 0.0952. The Hall–Kier alpha value is -2.42. The SMILES string of the molecule is O=C(c1ccc(C(c2ccccc2)c2ccccc2)c(Cl)c1)[C@@H]1CCCN1. The minimum absolute atomic E-state index is 0.0358. The van der Waals surface area contributed by atoms with Gasteiger partial charge in [0, 0.05) is 16.5 Å². The number of hydrogen-bond donors (Lipinski definition) is 1. The highest BCUT2D eigenvalue weighted by Gasteiger charge is 2.25. The second-order valence-electron chi connectivity index (χ2n) is 7.00. The fraction of sp³-hybridized carbons (Fsp3) is 0.208. The molecule has 27 heavy (non-hydrogen) atoms. The van der Waals surface area contributed by atoms with Crippen molar-refractivity contribution in [1.29, 1.82) is 0 Å². The van der Waals surface area contributed by atoms with Crippen molar-refractivity contribution in [1.82, 2.24) is 5.32 Å². The minimum Gasteiger partial charge on any atom is -0.307 e. The number of carbonyl (C=O) groups is 1. The fourth-order valence-electron chi connectivity index (χ4n) is 3.87. The van der Waals surface area contributed by atoms with Crippen molar-refractivity contribution in [2.45, 2.75) is 24.8 Å². The molecule has 3 aromatic carbocycles. The van der Waals surface area contributed by atoms with Gasteiger partial charge in [-0.2, -0.15) is 0 Å². The van der Waals surface area contributed by atoms with Crippen LogP contribution in [0.2, 0.25) is 5.02 Å². The molecule has 0 unspecified atom stereocenters. The van der Waals surface area contributed by atoms with Gasteiger partial charge in [0.15, 0.2) is 5.78 Å². The topological polar surface area (TPSA) is 29.1 Å². The van der Waals surface area contributed by atoms with E-state index in [0.29, 0.717) is 10.6 Å². The molecule has 1 heterocycles. The first-order valence-corrected chi connectivity index (χ1v) is 9.79. The van der Waals surface area contributed by atoms with E-state index < -0.39 is 0 Å². The van der Waals surface area contributed by atoms with E-state index >= 15 is 0 Å². The molecule has 136 valence electrons. The molecule has 1 saturated heterocycles. The molecule has 0 spiro atoms. The maximum Gasteiger partial charge on any atom is 0.179 e. The van der Waals surface area contributed by atoms with Gasteiger partial charge >= 0.3 is 0 Å². The molecular formula is C24H22ClNO. The minimum atomic E-state index is -0.0778. The Balaban J connectivity index is 1.73. The summed E-state index contributed by atoms with van der Waals surface area (Å²) in [6, 6.07) is 26.4.